The average molecular weight is 254 g/mol. The van der Waals surface area contributed by atoms with Gasteiger partial charge in [0.1, 0.15) is 5.76 Å². The summed E-state index contributed by atoms with van der Waals surface area (Å²) in [5.41, 5.74) is 0. The van der Waals surface area contributed by atoms with Crippen LogP contribution in [0.3, 0.4) is 0 Å². The molecule has 1 rings (SSSR count). The van der Waals surface area contributed by atoms with Crippen molar-refractivity contribution < 1.29 is 23.5 Å². The lowest BCUT2D eigenvalue weighted by Gasteiger charge is -2.13. The molecule has 0 aliphatic heterocycles. The van der Waals surface area contributed by atoms with Gasteiger partial charge in [0, 0.05) is 6.42 Å². The van der Waals surface area contributed by atoms with Gasteiger partial charge in [-0.25, -0.2) is 0 Å². The maximum atomic E-state index is 11.7. The third kappa shape index (κ3) is 4.61. The Bertz CT molecular complexity index is 369. The van der Waals surface area contributed by atoms with E-state index in [0.717, 1.165) is 0 Å². The van der Waals surface area contributed by atoms with Gasteiger partial charge in [-0.2, -0.15) is 0 Å². The molecule has 0 saturated heterocycles. The van der Waals surface area contributed by atoms with Gasteiger partial charge in [-0.15, -0.1) is 0 Å². The van der Waals surface area contributed by atoms with E-state index in [-0.39, 0.29) is 13.0 Å². The van der Waals surface area contributed by atoms with Crippen molar-refractivity contribution in [2.45, 2.75) is 26.7 Å². The van der Waals surface area contributed by atoms with E-state index in [0.29, 0.717) is 18.8 Å². The molecule has 0 aromatic carbocycles. The Morgan fingerprint density at radius 1 is 1.28 bits per heavy atom. The maximum Gasteiger partial charge on any atom is 0.309 e. The van der Waals surface area contributed by atoms with E-state index in [1.165, 1.54) is 6.26 Å². The van der Waals surface area contributed by atoms with E-state index in [1.54, 1.807) is 26.0 Å². The summed E-state index contributed by atoms with van der Waals surface area (Å²) < 4.78 is 15.0. The smallest absolute Gasteiger partial charge is 0.309 e. The Balaban J connectivity index is 2.62. The average Bonchev–Trinajstić information content (AvgIpc) is 2.81. The molecule has 0 aliphatic carbocycles. The van der Waals surface area contributed by atoms with Crippen LogP contribution < -0.4 is 0 Å². The van der Waals surface area contributed by atoms with Gasteiger partial charge in [0.15, 0.2) is 0 Å². The van der Waals surface area contributed by atoms with E-state index >= 15 is 0 Å². The van der Waals surface area contributed by atoms with Crippen molar-refractivity contribution >= 4 is 11.9 Å². The van der Waals surface area contributed by atoms with Gasteiger partial charge in [0.05, 0.1) is 31.8 Å². The van der Waals surface area contributed by atoms with Gasteiger partial charge < -0.3 is 13.9 Å². The molecule has 0 amide bonds. The second kappa shape index (κ2) is 7.53. The zero-order valence-corrected chi connectivity index (χ0v) is 10.7. The number of esters is 2. The molecule has 1 heterocycles. The molecule has 0 saturated carbocycles. The summed E-state index contributed by atoms with van der Waals surface area (Å²) in [6.07, 6.45) is 1.87. The van der Waals surface area contributed by atoms with Crippen molar-refractivity contribution in [2.24, 2.45) is 5.92 Å². The van der Waals surface area contributed by atoms with E-state index in [2.05, 4.69) is 0 Å². The lowest BCUT2D eigenvalue weighted by molar-refractivity contribution is -0.154. The number of carbonyl (C=O) groups is 2. The third-order valence-electron chi connectivity index (χ3n) is 2.37. The molecule has 5 heteroatoms. The highest BCUT2D eigenvalue weighted by Gasteiger charge is 2.25. The van der Waals surface area contributed by atoms with Crippen molar-refractivity contribution in [1.82, 2.24) is 0 Å². The number of carbonyl (C=O) groups excluding carboxylic acids is 2. The quantitative estimate of drug-likeness (QED) is 0.696. The van der Waals surface area contributed by atoms with Crippen LogP contribution in [0.25, 0.3) is 0 Å². The molecule has 0 radical (unpaired) electrons. The number of rotatable bonds is 7. The third-order valence-corrected chi connectivity index (χ3v) is 2.37. The largest absolute Gasteiger partial charge is 0.469 e. The van der Waals surface area contributed by atoms with Crippen molar-refractivity contribution in [2.75, 3.05) is 13.2 Å². The predicted octanol–water partition coefficient (Wildman–Crippen LogP) is 1.95. The first kappa shape index (κ1) is 14.3. The Labute approximate surface area is 106 Å². The van der Waals surface area contributed by atoms with Crippen molar-refractivity contribution in [3.8, 4) is 0 Å². The first-order chi connectivity index (χ1) is 8.67. The summed E-state index contributed by atoms with van der Waals surface area (Å²) >= 11 is 0. The molecule has 5 nitrogen and oxygen atoms in total. The summed E-state index contributed by atoms with van der Waals surface area (Å²) in [5, 5.41) is 0. The van der Waals surface area contributed by atoms with Crippen LogP contribution in [0.5, 0.6) is 0 Å². The van der Waals surface area contributed by atoms with E-state index < -0.39 is 17.9 Å². The van der Waals surface area contributed by atoms with Crippen LogP contribution in [0.1, 0.15) is 26.0 Å². The molecule has 0 aliphatic rings. The van der Waals surface area contributed by atoms with Gasteiger partial charge in [-0.3, -0.25) is 9.59 Å². The number of ether oxygens (including phenoxy) is 2. The molecule has 1 unspecified atom stereocenters. The van der Waals surface area contributed by atoms with E-state index in [4.69, 9.17) is 13.9 Å². The molecule has 100 valence electrons. The zero-order valence-electron chi connectivity index (χ0n) is 10.7. The number of hydrogen-bond acceptors (Lipinski definition) is 5. The molecule has 0 N–H and O–H groups in total. The predicted molar refractivity (Wildman–Crippen MR) is 63.8 cm³/mol. The number of furan rings is 1. The minimum atomic E-state index is -0.560. The first-order valence-electron chi connectivity index (χ1n) is 6.02. The molecular formula is C13H18O5. The van der Waals surface area contributed by atoms with Crippen LogP contribution in [0.15, 0.2) is 22.8 Å². The molecule has 0 spiro atoms. The second-order valence-electron chi connectivity index (χ2n) is 3.74. The van der Waals surface area contributed by atoms with E-state index in [1.807, 2.05) is 0 Å². The standard InChI is InChI=1S/C13H18O5/c1-3-16-12(14)9-10(13(15)17-4-2)8-11-6-5-7-18-11/h5-7,10H,3-4,8-9H2,1-2H3. The fraction of sp³-hybridized carbons (Fsp3) is 0.538. The van der Waals surface area contributed by atoms with E-state index in [9.17, 15) is 9.59 Å². The molecule has 0 fully saturated rings. The van der Waals surface area contributed by atoms with Crippen LogP contribution in [0.2, 0.25) is 0 Å². The number of hydrogen-bond donors (Lipinski definition) is 0. The fourth-order valence-electron chi connectivity index (χ4n) is 1.59. The van der Waals surface area contributed by atoms with Crippen LogP contribution in [0, 0.1) is 5.92 Å². The van der Waals surface area contributed by atoms with Gasteiger partial charge in [0.25, 0.3) is 0 Å². The van der Waals surface area contributed by atoms with Crippen LogP contribution in [-0.2, 0) is 25.5 Å². The topological polar surface area (TPSA) is 65.7 Å². The molecule has 0 bridgehead atoms. The Morgan fingerprint density at radius 2 is 2.00 bits per heavy atom. The van der Waals surface area contributed by atoms with Gasteiger partial charge >= 0.3 is 11.9 Å². The molecule has 1 aromatic heterocycles. The van der Waals surface area contributed by atoms with Gasteiger partial charge in [-0.1, -0.05) is 0 Å². The molecular weight excluding hydrogens is 236 g/mol. The lowest BCUT2D eigenvalue weighted by Crippen LogP contribution is -2.24. The summed E-state index contributed by atoms with van der Waals surface area (Å²) in [7, 11) is 0. The van der Waals surface area contributed by atoms with Crippen molar-refractivity contribution in [1.29, 1.82) is 0 Å². The molecule has 1 atom stereocenters. The Morgan fingerprint density at radius 3 is 2.56 bits per heavy atom. The maximum absolute atomic E-state index is 11.7. The van der Waals surface area contributed by atoms with Crippen LogP contribution in [0.4, 0.5) is 0 Å². The minimum Gasteiger partial charge on any atom is -0.469 e. The van der Waals surface area contributed by atoms with Gasteiger partial charge in [0.2, 0.25) is 0 Å². The first-order valence-corrected chi connectivity index (χ1v) is 6.02. The highest BCUT2D eigenvalue weighted by molar-refractivity contribution is 5.80. The Hall–Kier alpha value is -1.78. The van der Waals surface area contributed by atoms with Crippen molar-refractivity contribution in [3.63, 3.8) is 0 Å². The van der Waals surface area contributed by atoms with Gasteiger partial charge in [-0.05, 0) is 26.0 Å². The van der Waals surface area contributed by atoms with Crippen molar-refractivity contribution in [3.05, 3.63) is 24.2 Å². The second-order valence-corrected chi connectivity index (χ2v) is 3.74. The Kier molecular flexibility index (Phi) is 5.97. The van der Waals surface area contributed by atoms with Crippen LogP contribution >= 0.6 is 0 Å². The molecule has 1 aromatic rings. The molecule has 18 heavy (non-hydrogen) atoms. The van der Waals surface area contributed by atoms with Crippen LogP contribution in [-0.4, -0.2) is 25.2 Å². The SMILES string of the molecule is CCOC(=O)CC(Cc1ccco1)C(=O)OCC. The summed E-state index contributed by atoms with van der Waals surface area (Å²) in [5.74, 6) is -0.712. The summed E-state index contributed by atoms with van der Waals surface area (Å²) in [4.78, 5) is 23.2. The highest BCUT2D eigenvalue weighted by Crippen LogP contribution is 2.15. The minimum absolute atomic E-state index is 0.00731. The highest BCUT2D eigenvalue weighted by atomic mass is 16.5. The lowest BCUT2D eigenvalue weighted by atomic mass is 10.00. The summed E-state index contributed by atoms with van der Waals surface area (Å²) in [6, 6.07) is 3.50. The normalized spacial score (nSPS) is 11.9. The summed E-state index contributed by atoms with van der Waals surface area (Å²) in [6.45, 7) is 4.04. The zero-order chi connectivity index (χ0) is 13.4. The fourth-order valence-corrected chi connectivity index (χ4v) is 1.59. The monoisotopic (exact) mass is 254 g/mol.